The van der Waals surface area contributed by atoms with Crippen LogP contribution in [0.2, 0.25) is 0 Å². The molecule has 0 fully saturated rings. The molecule has 6 nitrogen and oxygen atoms in total. The first-order valence-electron chi connectivity index (χ1n) is 11.1. The number of carbonyl (C=O) groups excluding carboxylic acids is 2. The molecule has 0 aliphatic heterocycles. The number of nitriles is 1. The van der Waals surface area contributed by atoms with Crippen LogP contribution in [0.1, 0.15) is 58.9 Å². The van der Waals surface area contributed by atoms with Crippen LogP contribution in [0.25, 0.3) is 0 Å². The van der Waals surface area contributed by atoms with Crippen LogP contribution in [0.3, 0.4) is 0 Å². The average molecular weight is 453 g/mol. The summed E-state index contributed by atoms with van der Waals surface area (Å²) in [5.74, 6) is -0.376. The minimum atomic E-state index is -0.519. The zero-order valence-corrected chi connectivity index (χ0v) is 20.4. The van der Waals surface area contributed by atoms with Crippen molar-refractivity contribution in [3.63, 3.8) is 0 Å². The summed E-state index contributed by atoms with van der Waals surface area (Å²) in [5, 5.41) is 16.3. The maximum atomic E-state index is 12.9. The Bertz CT molecular complexity index is 1040. The van der Waals surface area contributed by atoms with Crippen LogP contribution >= 0.6 is 11.3 Å². The van der Waals surface area contributed by atoms with Crippen LogP contribution in [0.4, 0.5) is 10.7 Å². The summed E-state index contributed by atoms with van der Waals surface area (Å²) in [5.41, 5.74) is 5.73. The Kier molecular flexibility index (Phi) is 7.70. The molecule has 1 aromatic carbocycles. The highest BCUT2D eigenvalue weighted by molar-refractivity contribution is 7.16. The van der Waals surface area contributed by atoms with Crippen LogP contribution in [0, 0.1) is 32.1 Å². The average Bonchev–Trinajstić information content (AvgIpc) is 2.88. The number of aryl methyl sites for hydroxylation is 4. The van der Waals surface area contributed by atoms with Gasteiger partial charge in [0, 0.05) is 10.6 Å². The molecule has 0 spiro atoms. The molecule has 0 saturated carbocycles. The highest BCUT2D eigenvalue weighted by Gasteiger charge is 2.25. The Morgan fingerprint density at radius 1 is 1.12 bits per heavy atom. The molecule has 0 radical (unpaired) electrons. The van der Waals surface area contributed by atoms with Gasteiger partial charge in [0.1, 0.15) is 11.1 Å². The first-order chi connectivity index (χ1) is 15.2. The van der Waals surface area contributed by atoms with Gasteiger partial charge in [-0.1, -0.05) is 24.1 Å². The number of carbonyl (C=O) groups is 2. The number of hydrogen-bond donors (Lipinski definition) is 2. The van der Waals surface area contributed by atoms with E-state index >= 15 is 0 Å². The second-order valence-electron chi connectivity index (χ2n) is 8.78. The third-order valence-corrected chi connectivity index (χ3v) is 7.35. The highest BCUT2D eigenvalue weighted by atomic mass is 32.1. The third-order valence-electron chi connectivity index (χ3n) is 6.14. The first kappa shape index (κ1) is 24.0. The van der Waals surface area contributed by atoms with Gasteiger partial charge in [-0.2, -0.15) is 5.26 Å². The third kappa shape index (κ3) is 5.37. The SMILES string of the molecule is Cc1cc(C)c(NC(=O)CN(C)C(C)C(=O)Nc2sc3c(c2C#N)CCCCC3)c(C)c1. The van der Waals surface area contributed by atoms with Gasteiger partial charge < -0.3 is 10.6 Å². The molecule has 2 amide bonds. The smallest absolute Gasteiger partial charge is 0.242 e. The molecule has 170 valence electrons. The Balaban J connectivity index is 1.64. The largest absolute Gasteiger partial charge is 0.324 e. The number of rotatable bonds is 6. The molecule has 2 aromatic rings. The number of anilines is 2. The fourth-order valence-corrected chi connectivity index (χ4v) is 5.53. The van der Waals surface area contributed by atoms with E-state index in [1.165, 1.54) is 22.6 Å². The van der Waals surface area contributed by atoms with E-state index in [4.69, 9.17) is 0 Å². The van der Waals surface area contributed by atoms with E-state index in [0.29, 0.717) is 10.6 Å². The number of benzene rings is 1. The van der Waals surface area contributed by atoms with E-state index < -0.39 is 6.04 Å². The molecule has 1 atom stereocenters. The van der Waals surface area contributed by atoms with Crippen molar-refractivity contribution in [2.75, 3.05) is 24.2 Å². The van der Waals surface area contributed by atoms with E-state index in [1.807, 2.05) is 32.9 Å². The summed E-state index contributed by atoms with van der Waals surface area (Å²) in [4.78, 5) is 28.5. The molecule has 0 bridgehead atoms. The number of nitrogens with zero attached hydrogens (tertiary/aromatic N) is 2. The van der Waals surface area contributed by atoms with E-state index in [-0.39, 0.29) is 18.4 Å². The number of amides is 2. The highest BCUT2D eigenvalue weighted by Crippen LogP contribution is 2.37. The number of fused-ring (bicyclic) bond motifs is 1. The predicted octanol–water partition coefficient (Wildman–Crippen LogP) is 4.71. The zero-order valence-electron chi connectivity index (χ0n) is 19.6. The van der Waals surface area contributed by atoms with Gasteiger partial charge in [0.2, 0.25) is 11.8 Å². The normalized spacial score (nSPS) is 14.3. The molecule has 1 heterocycles. The quantitative estimate of drug-likeness (QED) is 0.622. The second kappa shape index (κ2) is 10.3. The molecule has 1 aromatic heterocycles. The number of thiophene rings is 1. The lowest BCUT2D eigenvalue weighted by molar-refractivity contribution is -0.122. The first-order valence-corrected chi connectivity index (χ1v) is 12.0. The summed E-state index contributed by atoms with van der Waals surface area (Å²) in [6.45, 7) is 7.85. The Labute approximate surface area is 194 Å². The van der Waals surface area contributed by atoms with Gasteiger partial charge in [0.05, 0.1) is 18.2 Å². The molecule has 1 aliphatic carbocycles. The van der Waals surface area contributed by atoms with E-state index in [2.05, 4.69) is 16.7 Å². The molecule has 1 unspecified atom stereocenters. The van der Waals surface area contributed by atoms with Crippen molar-refractivity contribution in [2.45, 2.75) is 65.8 Å². The Morgan fingerprint density at radius 3 is 2.44 bits per heavy atom. The van der Waals surface area contributed by atoms with E-state index in [9.17, 15) is 14.9 Å². The van der Waals surface area contributed by atoms with Gasteiger partial charge in [0.25, 0.3) is 0 Å². The van der Waals surface area contributed by atoms with Gasteiger partial charge >= 0.3 is 0 Å². The lowest BCUT2D eigenvalue weighted by Gasteiger charge is -2.23. The van der Waals surface area contributed by atoms with Gasteiger partial charge in [-0.15, -0.1) is 11.3 Å². The molecular weight excluding hydrogens is 420 g/mol. The molecular formula is C25H32N4O2S. The maximum absolute atomic E-state index is 12.9. The number of likely N-dealkylation sites (N-methyl/N-ethyl adjacent to an activating group) is 1. The Morgan fingerprint density at radius 2 is 1.78 bits per heavy atom. The van der Waals surface area contributed by atoms with E-state index in [0.717, 1.165) is 53.6 Å². The monoisotopic (exact) mass is 452 g/mol. The maximum Gasteiger partial charge on any atom is 0.242 e. The second-order valence-corrected chi connectivity index (χ2v) is 9.89. The van der Waals surface area contributed by atoms with Gasteiger partial charge in [0.15, 0.2) is 0 Å². The molecule has 0 saturated heterocycles. The van der Waals surface area contributed by atoms with E-state index in [1.54, 1.807) is 18.9 Å². The fraction of sp³-hybridized carbons (Fsp3) is 0.480. The fourth-order valence-electron chi connectivity index (χ4n) is 4.29. The lowest BCUT2D eigenvalue weighted by atomic mass is 10.1. The van der Waals surface area contributed by atoms with Crippen LogP contribution < -0.4 is 10.6 Å². The van der Waals surface area contributed by atoms with Gasteiger partial charge in [-0.05, 0) is 77.1 Å². The molecule has 3 rings (SSSR count). The van der Waals surface area contributed by atoms with Crippen molar-refractivity contribution >= 4 is 33.8 Å². The minimum absolute atomic E-state index is 0.0907. The van der Waals surface area contributed by atoms with Crippen molar-refractivity contribution in [1.29, 1.82) is 5.26 Å². The summed E-state index contributed by atoms with van der Waals surface area (Å²) in [6.07, 6.45) is 5.26. The van der Waals surface area contributed by atoms with Crippen LogP contribution in [0.15, 0.2) is 12.1 Å². The predicted molar refractivity (Wildman–Crippen MR) is 130 cm³/mol. The van der Waals surface area contributed by atoms with Crippen molar-refractivity contribution in [1.82, 2.24) is 4.90 Å². The lowest BCUT2D eigenvalue weighted by Crippen LogP contribution is -2.43. The van der Waals surface area contributed by atoms with Gasteiger partial charge in [-0.3, -0.25) is 14.5 Å². The molecule has 2 N–H and O–H groups in total. The standard InChI is InChI=1S/C25H32N4O2S/c1-15-11-16(2)23(17(3)12-15)27-22(30)14-29(5)18(4)24(31)28-25-20(13-26)19-9-7-6-8-10-21(19)32-25/h11-12,18H,6-10,14H2,1-5H3,(H,27,30)(H,28,31). The summed E-state index contributed by atoms with van der Waals surface area (Å²) < 4.78 is 0. The Hall–Kier alpha value is -2.69. The van der Waals surface area contributed by atoms with Crippen LogP contribution in [-0.2, 0) is 22.4 Å². The summed E-state index contributed by atoms with van der Waals surface area (Å²) >= 11 is 1.53. The molecule has 7 heteroatoms. The minimum Gasteiger partial charge on any atom is -0.324 e. The number of hydrogen-bond acceptors (Lipinski definition) is 5. The topological polar surface area (TPSA) is 85.2 Å². The summed E-state index contributed by atoms with van der Waals surface area (Å²) in [6, 6.07) is 5.86. The summed E-state index contributed by atoms with van der Waals surface area (Å²) in [7, 11) is 1.76. The van der Waals surface area contributed by atoms with Crippen molar-refractivity contribution in [3.05, 3.63) is 44.8 Å². The molecule has 1 aliphatic rings. The van der Waals surface area contributed by atoms with Crippen molar-refractivity contribution in [3.8, 4) is 6.07 Å². The van der Waals surface area contributed by atoms with Gasteiger partial charge in [-0.25, -0.2) is 0 Å². The molecule has 32 heavy (non-hydrogen) atoms. The van der Waals surface area contributed by atoms with Crippen molar-refractivity contribution in [2.24, 2.45) is 0 Å². The zero-order chi connectivity index (χ0) is 23.4. The number of nitrogens with one attached hydrogen (secondary N) is 2. The van der Waals surface area contributed by atoms with Crippen molar-refractivity contribution < 1.29 is 9.59 Å². The van der Waals surface area contributed by atoms with Crippen LogP contribution in [0.5, 0.6) is 0 Å². The van der Waals surface area contributed by atoms with Crippen LogP contribution in [-0.4, -0.2) is 36.3 Å².